The summed E-state index contributed by atoms with van der Waals surface area (Å²) in [6.45, 7) is 5.26. The molecule has 0 aliphatic carbocycles. The van der Waals surface area contributed by atoms with Crippen LogP contribution in [0.4, 0.5) is 11.6 Å². The first-order chi connectivity index (χ1) is 8.64. The van der Waals surface area contributed by atoms with Gasteiger partial charge in [0.25, 0.3) is 0 Å². The highest BCUT2D eigenvalue weighted by Gasteiger charge is 2.29. The number of hydrogen-bond acceptors (Lipinski definition) is 5. The quantitative estimate of drug-likeness (QED) is 0.601. The summed E-state index contributed by atoms with van der Waals surface area (Å²) in [6, 6.07) is 0. The van der Waals surface area contributed by atoms with Crippen LogP contribution in [0, 0.1) is 17.0 Å². The molecule has 0 aromatic carbocycles. The zero-order chi connectivity index (χ0) is 14.8. The van der Waals surface area contributed by atoms with E-state index in [4.69, 9.17) is 5.11 Å². The van der Waals surface area contributed by atoms with Gasteiger partial charge in [-0.1, -0.05) is 0 Å². The predicted octanol–water partition coefficient (Wildman–Crippen LogP) is 1.69. The summed E-state index contributed by atoms with van der Waals surface area (Å²) in [7, 11) is 1.67. The number of carboxylic acid groups (broad SMARTS) is 1. The summed E-state index contributed by atoms with van der Waals surface area (Å²) in [5.74, 6) is -0.338. The first kappa shape index (κ1) is 14.9. The van der Waals surface area contributed by atoms with Crippen molar-refractivity contribution in [2.75, 3.05) is 5.32 Å². The van der Waals surface area contributed by atoms with Crippen molar-refractivity contribution in [3.63, 3.8) is 0 Å². The molecule has 1 aromatic rings. The number of nitrogens with one attached hydrogen (secondary N) is 1. The second kappa shape index (κ2) is 5.25. The smallest absolute Gasteiger partial charge is 0.406 e. The van der Waals surface area contributed by atoms with Crippen molar-refractivity contribution >= 4 is 17.6 Å². The number of hydrogen-bond donors (Lipinski definition) is 2. The Kier molecular flexibility index (Phi) is 4.13. The highest BCUT2D eigenvalue weighted by molar-refractivity contribution is 5.67. The Morgan fingerprint density at radius 2 is 2.16 bits per heavy atom. The van der Waals surface area contributed by atoms with Gasteiger partial charge in [0.15, 0.2) is 0 Å². The fourth-order valence-electron chi connectivity index (χ4n) is 1.66. The van der Waals surface area contributed by atoms with Crippen LogP contribution in [-0.4, -0.2) is 31.1 Å². The molecule has 0 fully saturated rings. The predicted molar refractivity (Wildman–Crippen MR) is 69.2 cm³/mol. The number of nitro groups is 1. The first-order valence-corrected chi connectivity index (χ1v) is 5.82. The summed E-state index contributed by atoms with van der Waals surface area (Å²) in [5.41, 5.74) is -0.580. The molecule has 106 valence electrons. The van der Waals surface area contributed by atoms with Crippen molar-refractivity contribution in [3.8, 4) is 0 Å². The van der Waals surface area contributed by atoms with E-state index in [2.05, 4.69) is 10.3 Å². The van der Waals surface area contributed by atoms with E-state index < -0.39 is 16.4 Å². The van der Waals surface area contributed by atoms with Crippen LogP contribution in [0.3, 0.4) is 0 Å². The van der Waals surface area contributed by atoms with Crippen molar-refractivity contribution in [3.05, 3.63) is 15.9 Å². The van der Waals surface area contributed by atoms with Crippen molar-refractivity contribution < 1.29 is 14.8 Å². The molecule has 1 aromatic heterocycles. The van der Waals surface area contributed by atoms with Crippen LogP contribution in [0.15, 0.2) is 0 Å². The zero-order valence-electron chi connectivity index (χ0n) is 11.4. The number of aryl methyl sites for hydroxylation is 1. The van der Waals surface area contributed by atoms with Crippen LogP contribution in [-0.2, 0) is 11.8 Å². The summed E-state index contributed by atoms with van der Waals surface area (Å²) in [4.78, 5) is 24.8. The van der Waals surface area contributed by atoms with Crippen molar-refractivity contribution in [1.82, 2.24) is 9.55 Å². The largest absolute Gasteiger partial charge is 0.481 e. The minimum Gasteiger partial charge on any atom is -0.481 e. The number of rotatable bonds is 6. The Labute approximate surface area is 110 Å². The molecule has 8 heteroatoms. The van der Waals surface area contributed by atoms with Gasteiger partial charge in [0.1, 0.15) is 0 Å². The van der Waals surface area contributed by atoms with E-state index in [0.717, 1.165) is 0 Å². The van der Waals surface area contributed by atoms with Gasteiger partial charge in [0.2, 0.25) is 11.6 Å². The van der Waals surface area contributed by atoms with Crippen LogP contribution in [0.1, 0.15) is 32.5 Å². The van der Waals surface area contributed by atoms with Crippen LogP contribution >= 0.6 is 0 Å². The van der Waals surface area contributed by atoms with Crippen molar-refractivity contribution in [2.45, 2.75) is 39.2 Å². The molecule has 1 heterocycles. The molecule has 19 heavy (non-hydrogen) atoms. The van der Waals surface area contributed by atoms with Crippen molar-refractivity contribution in [2.24, 2.45) is 7.05 Å². The molecule has 0 saturated heterocycles. The minimum absolute atomic E-state index is 0.00929. The third-order valence-corrected chi connectivity index (χ3v) is 2.89. The molecule has 2 N–H and O–H groups in total. The maximum absolute atomic E-state index is 10.9. The van der Waals surface area contributed by atoms with Crippen molar-refractivity contribution in [1.29, 1.82) is 0 Å². The highest BCUT2D eigenvalue weighted by atomic mass is 16.6. The van der Waals surface area contributed by atoms with E-state index in [9.17, 15) is 14.9 Å². The molecule has 0 aliphatic heterocycles. The second-order valence-corrected chi connectivity index (χ2v) is 5.05. The molecule has 0 saturated carbocycles. The van der Waals surface area contributed by atoms with Gasteiger partial charge in [-0.05, 0) is 30.2 Å². The van der Waals surface area contributed by atoms with Gasteiger partial charge < -0.3 is 20.5 Å². The van der Waals surface area contributed by atoms with Crippen LogP contribution in [0.2, 0.25) is 0 Å². The Balaban J connectivity index is 2.98. The summed E-state index contributed by atoms with van der Waals surface area (Å²) in [5, 5.41) is 22.6. The number of aromatic nitrogens is 2. The van der Waals surface area contributed by atoms with Gasteiger partial charge in [0.05, 0.1) is 0 Å². The fraction of sp³-hybridized carbons (Fsp3) is 0.636. The van der Waals surface area contributed by atoms with Gasteiger partial charge >= 0.3 is 11.8 Å². The fourth-order valence-corrected chi connectivity index (χ4v) is 1.66. The Morgan fingerprint density at radius 3 is 2.63 bits per heavy atom. The molecular formula is C11H18N4O4. The van der Waals surface area contributed by atoms with Crippen LogP contribution < -0.4 is 5.32 Å². The lowest BCUT2D eigenvalue weighted by atomic mass is 9.98. The number of imidazole rings is 1. The molecule has 0 unspecified atom stereocenters. The van der Waals surface area contributed by atoms with Gasteiger partial charge in [-0.15, -0.1) is 0 Å². The second-order valence-electron chi connectivity index (χ2n) is 5.05. The first-order valence-electron chi connectivity index (χ1n) is 5.82. The number of aliphatic carboxylic acids is 1. The summed E-state index contributed by atoms with van der Waals surface area (Å²) < 4.78 is 1.58. The number of carboxylic acids is 1. The molecule has 0 radical (unpaired) electrons. The molecule has 8 nitrogen and oxygen atoms in total. The maximum Gasteiger partial charge on any atom is 0.406 e. The molecule has 0 spiro atoms. The van der Waals surface area contributed by atoms with Gasteiger partial charge in [0, 0.05) is 25.9 Å². The monoisotopic (exact) mass is 270 g/mol. The Morgan fingerprint density at radius 1 is 1.58 bits per heavy atom. The SMILES string of the molecule is Cc1nc([N+](=O)[O-])c(NC(C)(C)CCC(=O)O)n1C. The van der Waals surface area contributed by atoms with E-state index in [1.165, 1.54) is 0 Å². The lowest BCUT2D eigenvalue weighted by molar-refractivity contribution is -0.388. The molecule has 1 rings (SSSR count). The van der Waals surface area contributed by atoms with Crippen LogP contribution in [0.25, 0.3) is 0 Å². The highest BCUT2D eigenvalue weighted by Crippen LogP contribution is 2.28. The normalized spacial score (nSPS) is 11.4. The average Bonchev–Trinajstić information content (AvgIpc) is 2.54. The van der Waals surface area contributed by atoms with E-state index >= 15 is 0 Å². The third kappa shape index (κ3) is 3.67. The molecule has 0 aliphatic rings. The molecule has 0 atom stereocenters. The van der Waals surface area contributed by atoms with E-state index in [0.29, 0.717) is 12.2 Å². The average molecular weight is 270 g/mol. The lowest BCUT2D eigenvalue weighted by Gasteiger charge is -2.26. The Hall–Kier alpha value is -2.12. The zero-order valence-corrected chi connectivity index (χ0v) is 11.4. The van der Waals surface area contributed by atoms with Gasteiger partial charge in [-0.2, -0.15) is 0 Å². The van der Waals surface area contributed by atoms with E-state index in [-0.39, 0.29) is 18.1 Å². The van der Waals surface area contributed by atoms with E-state index in [1.54, 1.807) is 32.4 Å². The molecular weight excluding hydrogens is 252 g/mol. The molecule has 0 bridgehead atoms. The summed E-state index contributed by atoms with van der Waals surface area (Å²) in [6.07, 6.45) is 0.342. The number of anilines is 1. The minimum atomic E-state index is -0.898. The maximum atomic E-state index is 10.9. The lowest BCUT2D eigenvalue weighted by Crippen LogP contribution is -2.32. The number of carbonyl (C=O) groups is 1. The van der Waals surface area contributed by atoms with Crippen LogP contribution in [0.5, 0.6) is 0 Å². The van der Waals surface area contributed by atoms with Gasteiger partial charge in [-0.25, -0.2) is 0 Å². The Bertz CT molecular complexity index is 507. The topological polar surface area (TPSA) is 110 Å². The standard InChI is InChI=1S/C11H18N4O4/c1-7-12-9(15(18)19)10(14(7)4)13-11(2,3)6-5-8(16)17/h13H,5-6H2,1-4H3,(H,16,17). The van der Waals surface area contributed by atoms with Gasteiger partial charge in [-0.3, -0.25) is 9.36 Å². The third-order valence-electron chi connectivity index (χ3n) is 2.89. The molecule has 0 amide bonds. The summed E-state index contributed by atoms with van der Waals surface area (Å²) >= 11 is 0. The number of nitrogens with zero attached hydrogens (tertiary/aromatic N) is 3. The van der Waals surface area contributed by atoms with E-state index in [1.807, 2.05) is 0 Å².